The molecule has 1 aliphatic carbocycles. The smallest absolute Gasteiger partial charge is 0.178 e. The van der Waals surface area contributed by atoms with E-state index in [0.717, 1.165) is 37.8 Å². The van der Waals surface area contributed by atoms with Gasteiger partial charge in [0.05, 0.1) is 5.54 Å². The Morgan fingerprint density at radius 2 is 2.06 bits per heavy atom. The maximum Gasteiger partial charge on any atom is 0.178 e. The van der Waals surface area contributed by atoms with Gasteiger partial charge >= 0.3 is 0 Å². The van der Waals surface area contributed by atoms with Crippen LogP contribution in [0.4, 0.5) is 0 Å². The predicted octanol–water partition coefficient (Wildman–Crippen LogP) is 2.98. The second kappa shape index (κ2) is 5.13. The van der Waals surface area contributed by atoms with Gasteiger partial charge < -0.3 is 5.32 Å². The molecular formula is C14H23NO. The van der Waals surface area contributed by atoms with Gasteiger partial charge in [-0.15, -0.1) is 0 Å². The molecule has 2 heteroatoms. The molecule has 2 nitrogen and oxygen atoms in total. The standard InChI is InChI=1S/C14H23NO/c1-14(10-7-11-15-14)13(16)12-8-5-3-2-4-6-9-12/h8,15H,2-7,9-11H2,1H3. The third-order valence-corrected chi connectivity index (χ3v) is 3.95. The molecule has 1 fully saturated rings. The monoisotopic (exact) mass is 221 g/mol. The van der Waals surface area contributed by atoms with Gasteiger partial charge in [-0.05, 0) is 57.6 Å². The zero-order valence-electron chi connectivity index (χ0n) is 10.3. The first-order valence-corrected chi connectivity index (χ1v) is 6.71. The number of carbonyl (C=O) groups is 1. The van der Waals surface area contributed by atoms with E-state index in [9.17, 15) is 4.79 Å². The molecule has 0 saturated carbocycles. The van der Waals surface area contributed by atoms with E-state index in [4.69, 9.17) is 0 Å². The molecule has 2 aliphatic rings. The van der Waals surface area contributed by atoms with E-state index >= 15 is 0 Å². The Kier molecular flexibility index (Phi) is 3.80. The lowest BCUT2D eigenvalue weighted by Crippen LogP contribution is -2.45. The first kappa shape index (κ1) is 11.8. The van der Waals surface area contributed by atoms with Crippen molar-refractivity contribution in [2.24, 2.45) is 0 Å². The molecule has 1 N–H and O–H groups in total. The molecule has 1 saturated heterocycles. The maximum absolute atomic E-state index is 12.5. The van der Waals surface area contributed by atoms with Crippen LogP contribution in [-0.4, -0.2) is 17.9 Å². The fourth-order valence-electron chi connectivity index (χ4n) is 2.84. The van der Waals surface area contributed by atoms with Gasteiger partial charge in [0.1, 0.15) is 0 Å². The summed E-state index contributed by atoms with van der Waals surface area (Å²) >= 11 is 0. The Balaban J connectivity index is 2.06. The Morgan fingerprint density at radius 1 is 1.25 bits per heavy atom. The van der Waals surface area contributed by atoms with E-state index in [1.165, 1.54) is 25.7 Å². The van der Waals surface area contributed by atoms with Gasteiger partial charge in [0.2, 0.25) is 0 Å². The molecule has 90 valence electrons. The fraction of sp³-hybridized carbons (Fsp3) is 0.786. The van der Waals surface area contributed by atoms with Crippen molar-refractivity contribution in [3.05, 3.63) is 11.6 Å². The molecule has 16 heavy (non-hydrogen) atoms. The molecule has 1 aliphatic heterocycles. The van der Waals surface area contributed by atoms with Gasteiger partial charge in [0.25, 0.3) is 0 Å². The Labute approximate surface area is 98.5 Å². The number of nitrogens with one attached hydrogen (secondary N) is 1. The summed E-state index contributed by atoms with van der Waals surface area (Å²) in [6.45, 7) is 3.07. The largest absolute Gasteiger partial charge is 0.305 e. The van der Waals surface area contributed by atoms with Crippen molar-refractivity contribution in [2.45, 2.75) is 63.8 Å². The zero-order chi connectivity index (χ0) is 11.4. The number of Topliss-reactive ketones (excluding diaryl/α,β-unsaturated/α-hetero) is 1. The van der Waals surface area contributed by atoms with E-state index in [1.54, 1.807) is 0 Å². The summed E-state index contributed by atoms with van der Waals surface area (Å²) in [7, 11) is 0. The van der Waals surface area contributed by atoms with Gasteiger partial charge in [0.15, 0.2) is 5.78 Å². The minimum Gasteiger partial charge on any atom is -0.305 e. The maximum atomic E-state index is 12.5. The zero-order valence-corrected chi connectivity index (χ0v) is 10.3. The highest BCUT2D eigenvalue weighted by molar-refractivity contribution is 6.02. The van der Waals surface area contributed by atoms with Gasteiger partial charge in [-0.3, -0.25) is 4.79 Å². The summed E-state index contributed by atoms with van der Waals surface area (Å²) in [5, 5.41) is 3.38. The van der Waals surface area contributed by atoms with Crippen molar-refractivity contribution in [1.82, 2.24) is 5.32 Å². The second-order valence-electron chi connectivity index (χ2n) is 5.37. The topological polar surface area (TPSA) is 29.1 Å². The highest BCUT2D eigenvalue weighted by Crippen LogP contribution is 2.27. The van der Waals surface area contributed by atoms with Gasteiger partial charge in [-0.25, -0.2) is 0 Å². The molecule has 1 heterocycles. The van der Waals surface area contributed by atoms with E-state index in [0.29, 0.717) is 5.78 Å². The molecule has 1 atom stereocenters. The number of hydrogen-bond donors (Lipinski definition) is 1. The first-order valence-electron chi connectivity index (χ1n) is 6.71. The number of rotatable bonds is 2. The normalized spacial score (nSPS) is 31.7. The van der Waals surface area contributed by atoms with E-state index in [-0.39, 0.29) is 5.54 Å². The summed E-state index contributed by atoms with van der Waals surface area (Å²) in [6.07, 6.45) is 11.5. The molecule has 0 aromatic carbocycles. The van der Waals surface area contributed by atoms with Crippen LogP contribution in [-0.2, 0) is 4.79 Å². The van der Waals surface area contributed by atoms with Crippen LogP contribution in [0.5, 0.6) is 0 Å². The average Bonchev–Trinajstić information content (AvgIpc) is 2.65. The van der Waals surface area contributed by atoms with Crippen LogP contribution >= 0.6 is 0 Å². The molecule has 0 spiro atoms. The SMILES string of the molecule is CC1(C(=O)C2=CCCCCCC2)CCCN1. The van der Waals surface area contributed by atoms with E-state index in [2.05, 4.69) is 18.3 Å². The van der Waals surface area contributed by atoms with Crippen molar-refractivity contribution < 1.29 is 4.79 Å². The molecule has 1 unspecified atom stereocenters. The van der Waals surface area contributed by atoms with Crippen LogP contribution in [0.3, 0.4) is 0 Å². The number of carbonyl (C=O) groups excluding carboxylic acids is 1. The highest BCUT2D eigenvalue weighted by atomic mass is 16.1. The van der Waals surface area contributed by atoms with Crippen LogP contribution in [0.15, 0.2) is 11.6 Å². The Hall–Kier alpha value is -0.630. The molecule has 0 amide bonds. The summed E-state index contributed by atoms with van der Waals surface area (Å²) in [4.78, 5) is 12.5. The van der Waals surface area contributed by atoms with Crippen LogP contribution in [0.1, 0.15) is 58.3 Å². The van der Waals surface area contributed by atoms with Gasteiger partial charge in [-0.2, -0.15) is 0 Å². The highest BCUT2D eigenvalue weighted by Gasteiger charge is 2.36. The lowest BCUT2D eigenvalue weighted by Gasteiger charge is -2.25. The molecule has 0 radical (unpaired) electrons. The minimum absolute atomic E-state index is 0.259. The van der Waals surface area contributed by atoms with Crippen molar-refractivity contribution in [1.29, 1.82) is 0 Å². The molecular weight excluding hydrogens is 198 g/mol. The Bertz CT molecular complexity index is 287. The van der Waals surface area contributed by atoms with Crippen molar-refractivity contribution in [3.63, 3.8) is 0 Å². The summed E-state index contributed by atoms with van der Waals surface area (Å²) in [5.74, 6) is 0.368. The lowest BCUT2D eigenvalue weighted by molar-refractivity contribution is -0.120. The van der Waals surface area contributed by atoms with Gasteiger partial charge in [0, 0.05) is 0 Å². The molecule has 0 bridgehead atoms. The number of allylic oxidation sites excluding steroid dienone is 1. The first-order chi connectivity index (χ1) is 7.72. The van der Waals surface area contributed by atoms with Crippen LogP contribution in [0, 0.1) is 0 Å². The quantitative estimate of drug-likeness (QED) is 0.776. The summed E-state index contributed by atoms with van der Waals surface area (Å²) < 4.78 is 0. The fourth-order valence-corrected chi connectivity index (χ4v) is 2.84. The van der Waals surface area contributed by atoms with E-state index < -0.39 is 0 Å². The van der Waals surface area contributed by atoms with Crippen LogP contribution in [0.25, 0.3) is 0 Å². The molecule has 0 aromatic heterocycles. The minimum atomic E-state index is -0.259. The average molecular weight is 221 g/mol. The number of hydrogen-bond acceptors (Lipinski definition) is 2. The molecule has 0 aromatic rings. The van der Waals surface area contributed by atoms with Crippen molar-refractivity contribution in [2.75, 3.05) is 6.54 Å². The van der Waals surface area contributed by atoms with Crippen LogP contribution in [0.2, 0.25) is 0 Å². The second-order valence-corrected chi connectivity index (χ2v) is 5.37. The number of ketones is 1. The van der Waals surface area contributed by atoms with Gasteiger partial charge in [-0.1, -0.05) is 18.9 Å². The van der Waals surface area contributed by atoms with Crippen LogP contribution < -0.4 is 5.32 Å². The molecule has 2 rings (SSSR count). The third kappa shape index (κ3) is 2.54. The predicted molar refractivity (Wildman–Crippen MR) is 66.4 cm³/mol. The van der Waals surface area contributed by atoms with Crippen molar-refractivity contribution in [3.8, 4) is 0 Å². The Morgan fingerprint density at radius 3 is 2.81 bits per heavy atom. The van der Waals surface area contributed by atoms with Crippen molar-refractivity contribution >= 4 is 5.78 Å². The third-order valence-electron chi connectivity index (χ3n) is 3.95. The summed E-state index contributed by atoms with van der Waals surface area (Å²) in [6, 6.07) is 0. The van der Waals surface area contributed by atoms with E-state index in [1.807, 2.05) is 0 Å². The summed E-state index contributed by atoms with van der Waals surface area (Å²) in [5.41, 5.74) is 0.835. The lowest BCUT2D eigenvalue weighted by atomic mass is 9.86.